The van der Waals surface area contributed by atoms with E-state index in [1.165, 1.54) is 12.1 Å². The molecule has 0 radical (unpaired) electrons. The van der Waals surface area contributed by atoms with Crippen molar-refractivity contribution in [1.82, 2.24) is 10.1 Å². The van der Waals surface area contributed by atoms with Crippen LogP contribution >= 0.6 is 0 Å². The minimum absolute atomic E-state index is 0.249. The lowest BCUT2D eigenvalue weighted by molar-refractivity contribution is -0.137. The van der Waals surface area contributed by atoms with Crippen LogP contribution in [0.2, 0.25) is 0 Å². The molecule has 2 aromatic carbocycles. The van der Waals surface area contributed by atoms with Gasteiger partial charge in [-0.25, -0.2) is 4.79 Å². The van der Waals surface area contributed by atoms with Crippen LogP contribution < -0.4 is 10.6 Å². The molecule has 150 valence electrons. The first-order chi connectivity index (χ1) is 13.9. The SMILES string of the molecule is O=C(Nc1ccc(C(F)(F)F)cc1)Nc1ccccc1Cc1nc(C2CC2)no1. The van der Waals surface area contributed by atoms with Gasteiger partial charge in [0.15, 0.2) is 5.82 Å². The number of carbonyl (C=O) groups excluding carboxylic acids is 1. The lowest BCUT2D eigenvalue weighted by Crippen LogP contribution is -2.20. The van der Waals surface area contributed by atoms with Crippen molar-refractivity contribution in [3.63, 3.8) is 0 Å². The molecule has 1 fully saturated rings. The molecular weight excluding hydrogens is 385 g/mol. The fraction of sp³-hybridized carbons (Fsp3) is 0.250. The van der Waals surface area contributed by atoms with Crippen LogP contribution in [0, 0.1) is 0 Å². The molecule has 29 heavy (non-hydrogen) atoms. The van der Waals surface area contributed by atoms with Crippen molar-refractivity contribution >= 4 is 17.4 Å². The fourth-order valence-corrected chi connectivity index (χ4v) is 2.83. The zero-order valence-electron chi connectivity index (χ0n) is 15.2. The smallest absolute Gasteiger partial charge is 0.339 e. The number of hydrogen-bond acceptors (Lipinski definition) is 4. The van der Waals surface area contributed by atoms with Crippen LogP contribution in [0.4, 0.5) is 29.3 Å². The number of benzene rings is 2. The highest BCUT2D eigenvalue weighted by atomic mass is 19.4. The zero-order valence-corrected chi connectivity index (χ0v) is 15.2. The second-order valence-corrected chi connectivity index (χ2v) is 6.81. The van der Waals surface area contributed by atoms with E-state index in [0.717, 1.165) is 30.5 Å². The second kappa shape index (κ2) is 7.57. The van der Waals surface area contributed by atoms with E-state index in [1.807, 2.05) is 12.1 Å². The Balaban J connectivity index is 1.41. The minimum Gasteiger partial charge on any atom is -0.339 e. The average Bonchev–Trinajstić information content (AvgIpc) is 3.42. The number of urea groups is 1. The van der Waals surface area contributed by atoms with Gasteiger partial charge in [0.1, 0.15) is 0 Å². The van der Waals surface area contributed by atoms with Crippen molar-refractivity contribution in [3.8, 4) is 0 Å². The van der Waals surface area contributed by atoms with E-state index in [4.69, 9.17) is 4.52 Å². The molecule has 4 rings (SSSR count). The number of nitrogens with zero attached hydrogens (tertiary/aromatic N) is 2. The number of rotatable bonds is 5. The van der Waals surface area contributed by atoms with Gasteiger partial charge in [-0.05, 0) is 48.7 Å². The molecule has 1 heterocycles. The standard InChI is InChI=1S/C20H17F3N4O2/c21-20(22,23)14-7-9-15(10-8-14)24-19(28)25-16-4-2-1-3-13(16)11-17-26-18(27-29-17)12-5-6-12/h1-4,7-10,12H,5-6,11H2,(H2,24,25,28). The van der Waals surface area contributed by atoms with Crippen LogP contribution in [0.3, 0.4) is 0 Å². The van der Waals surface area contributed by atoms with Crippen molar-refractivity contribution in [2.45, 2.75) is 31.4 Å². The maximum atomic E-state index is 12.6. The maximum Gasteiger partial charge on any atom is 0.416 e. The molecule has 0 unspecified atom stereocenters. The highest BCUT2D eigenvalue weighted by molar-refractivity contribution is 6.00. The number of amides is 2. The predicted octanol–water partition coefficient (Wildman–Crippen LogP) is 5.20. The molecule has 0 aliphatic heterocycles. The predicted molar refractivity (Wildman–Crippen MR) is 99.6 cm³/mol. The third-order valence-corrected chi connectivity index (χ3v) is 4.50. The Bertz CT molecular complexity index is 1010. The largest absolute Gasteiger partial charge is 0.416 e. The third-order valence-electron chi connectivity index (χ3n) is 4.50. The molecular formula is C20H17F3N4O2. The van der Waals surface area contributed by atoms with Gasteiger partial charge >= 0.3 is 12.2 Å². The molecule has 1 aliphatic rings. The molecule has 0 saturated heterocycles. The van der Waals surface area contributed by atoms with Crippen LogP contribution in [0.25, 0.3) is 0 Å². The van der Waals surface area contributed by atoms with Gasteiger partial charge in [0, 0.05) is 17.3 Å². The van der Waals surface area contributed by atoms with Crippen molar-refractivity contribution < 1.29 is 22.5 Å². The Kier molecular flexibility index (Phi) is 4.96. The minimum atomic E-state index is -4.42. The van der Waals surface area contributed by atoms with Crippen LogP contribution in [0.5, 0.6) is 0 Å². The van der Waals surface area contributed by atoms with Crippen LogP contribution in [0.15, 0.2) is 53.1 Å². The van der Waals surface area contributed by atoms with E-state index >= 15 is 0 Å². The first-order valence-electron chi connectivity index (χ1n) is 9.04. The number of carbonyl (C=O) groups is 1. The van der Waals surface area contributed by atoms with E-state index in [2.05, 4.69) is 20.8 Å². The summed E-state index contributed by atoms with van der Waals surface area (Å²) in [7, 11) is 0. The Morgan fingerprint density at radius 1 is 1.07 bits per heavy atom. The summed E-state index contributed by atoms with van der Waals surface area (Å²) in [5.74, 6) is 1.56. The van der Waals surface area contributed by atoms with Gasteiger partial charge in [0.2, 0.25) is 5.89 Å². The van der Waals surface area contributed by atoms with Gasteiger partial charge in [-0.15, -0.1) is 0 Å². The number of nitrogens with one attached hydrogen (secondary N) is 2. The highest BCUT2D eigenvalue weighted by Crippen LogP contribution is 2.38. The van der Waals surface area contributed by atoms with Crippen molar-refractivity contribution in [2.24, 2.45) is 0 Å². The molecule has 0 bridgehead atoms. The van der Waals surface area contributed by atoms with Gasteiger partial charge in [0.25, 0.3) is 0 Å². The number of hydrogen-bond donors (Lipinski definition) is 2. The summed E-state index contributed by atoms with van der Waals surface area (Å²) in [4.78, 5) is 16.7. The molecule has 6 nitrogen and oxygen atoms in total. The molecule has 3 aromatic rings. The molecule has 1 saturated carbocycles. The lowest BCUT2D eigenvalue weighted by atomic mass is 10.1. The monoisotopic (exact) mass is 402 g/mol. The van der Waals surface area contributed by atoms with Gasteiger partial charge in [-0.3, -0.25) is 0 Å². The van der Waals surface area contributed by atoms with E-state index in [9.17, 15) is 18.0 Å². The van der Waals surface area contributed by atoms with Crippen molar-refractivity contribution in [3.05, 3.63) is 71.4 Å². The summed E-state index contributed by atoms with van der Waals surface area (Å²) in [6.45, 7) is 0. The molecule has 0 atom stereocenters. The van der Waals surface area contributed by atoms with Gasteiger partial charge in [-0.2, -0.15) is 18.2 Å². The summed E-state index contributed by atoms with van der Waals surface area (Å²) in [6.07, 6.45) is -1.92. The highest BCUT2D eigenvalue weighted by Gasteiger charge is 2.30. The van der Waals surface area contributed by atoms with Crippen molar-refractivity contribution in [2.75, 3.05) is 10.6 Å². The second-order valence-electron chi connectivity index (χ2n) is 6.81. The number of alkyl halides is 3. The Morgan fingerprint density at radius 2 is 1.79 bits per heavy atom. The molecule has 2 amide bonds. The summed E-state index contributed by atoms with van der Waals surface area (Å²) in [5.41, 5.74) is 0.794. The summed E-state index contributed by atoms with van der Waals surface area (Å²) >= 11 is 0. The first kappa shape index (κ1) is 19.0. The van der Waals surface area contributed by atoms with Crippen LogP contribution in [-0.2, 0) is 12.6 Å². The number of para-hydroxylation sites is 1. The molecule has 2 N–H and O–H groups in total. The van der Waals surface area contributed by atoms with Crippen molar-refractivity contribution in [1.29, 1.82) is 0 Å². The van der Waals surface area contributed by atoms with E-state index in [-0.39, 0.29) is 5.69 Å². The van der Waals surface area contributed by atoms with E-state index < -0.39 is 17.8 Å². The average molecular weight is 402 g/mol. The van der Waals surface area contributed by atoms with Gasteiger partial charge in [-0.1, -0.05) is 23.4 Å². The quantitative estimate of drug-likeness (QED) is 0.615. The van der Waals surface area contributed by atoms with E-state index in [1.54, 1.807) is 12.1 Å². The Morgan fingerprint density at radius 3 is 2.48 bits per heavy atom. The summed E-state index contributed by atoms with van der Waals surface area (Å²) in [6, 6.07) is 10.8. The van der Waals surface area contributed by atoms with Gasteiger partial charge in [0.05, 0.1) is 12.0 Å². The molecule has 1 aromatic heterocycles. The summed E-state index contributed by atoms with van der Waals surface area (Å²) in [5, 5.41) is 9.20. The first-order valence-corrected chi connectivity index (χ1v) is 9.04. The number of aromatic nitrogens is 2. The Hall–Kier alpha value is -3.36. The lowest BCUT2D eigenvalue weighted by Gasteiger charge is -2.12. The third kappa shape index (κ3) is 4.74. The number of anilines is 2. The molecule has 9 heteroatoms. The molecule has 1 aliphatic carbocycles. The topological polar surface area (TPSA) is 80.0 Å². The summed E-state index contributed by atoms with van der Waals surface area (Å²) < 4.78 is 43.2. The van der Waals surface area contributed by atoms with Crippen LogP contribution in [0.1, 0.15) is 41.6 Å². The van der Waals surface area contributed by atoms with Crippen LogP contribution in [-0.4, -0.2) is 16.2 Å². The number of halogens is 3. The maximum absolute atomic E-state index is 12.6. The van der Waals surface area contributed by atoms with Gasteiger partial charge < -0.3 is 15.2 Å². The van der Waals surface area contributed by atoms with E-state index in [0.29, 0.717) is 29.7 Å². The zero-order chi connectivity index (χ0) is 20.4. The fourth-order valence-electron chi connectivity index (χ4n) is 2.83. The normalized spacial score (nSPS) is 13.9. The Labute approximate surface area is 164 Å². The molecule has 0 spiro atoms.